The summed E-state index contributed by atoms with van der Waals surface area (Å²) in [5, 5.41) is 3.58. The van der Waals surface area contributed by atoms with Crippen LogP contribution in [0.15, 0.2) is 18.2 Å². The zero-order valence-electron chi connectivity index (χ0n) is 15.9. The second-order valence-corrected chi connectivity index (χ2v) is 7.59. The van der Waals surface area contributed by atoms with Crippen LogP contribution in [-0.4, -0.2) is 30.4 Å². The van der Waals surface area contributed by atoms with Crippen LogP contribution in [0.2, 0.25) is 0 Å². The molecule has 0 atom stereocenters. The average molecular weight is 331 g/mol. The van der Waals surface area contributed by atoms with Crippen molar-refractivity contribution in [2.75, 3.05) is 25.0 Å². The summed E-state index contributed by atoms with van der Waals surface area (Å²) in [6.07, 6.45) is 5.44. The Morgan fingerprint density at radius 1 is 1.00 bits per heavy atom. The molecule has 1 aliphatic heterocycles. The summed E-state index contributed by atoms with van der Waals surface area (Å²) in [5.74, 6) is 1.26. The molecule has 0 aromatic heterocycles. The number of carbonyl (C=O) groups is 1. The summed E-state index contributed by atoms with van der Waals surface area (Å²) in [4.78, 5) is 14.5. The van der Waals surface area contributed by atoms with E-state index in [1.54, 1.807) is 0 Å². The third kappa shape index (κ3) is 4.99. The van der Waals surface area contributed by atoms with Crippen LogP contribution >= 0.6 is 0 Å². The third-order valence-corrected chi connectivity index (χ3v) is 4.97. The number of hydrogen-bond donors (Lipinski definition) is 1. The van der Waals surface area contributed by atoms with Gasteiger partial charge in [0.15, 0.2) is 0 Å². The molecule has 1 aromatic rings. The highest BCUT2D eigenvalue weighted by molar-refractivity contribution is 5.77. The Bertz CT molecular complexity index is 502. The Labute approximate surface area is 147 Å². The van der Waals surface area contributed by atoms with Crippen LogP contribution in [-0.2, 0) is 4.79 Å². The molecule has 3 heteroatoms. The van der Waals surface area contributed by atoms with Gasteiger partial charge < -0.3 is 10.2 Å². The van der Waals surface area contributed by atoms with E-state index in [0.717, 1.165) is 32.5 Å². The molecule has 1 amide bonds. The molecular formula is C21H34N2O. The van der Waals surface area contributed by atoms with E-state index < -0.39 is 0 Å². The lowest BCUT2D eigenvalue weighted by atomic mass is 9.92. The predicted molar refractivity (Wildman–Crippen MR) is 103 cm³/mol. The second kappa shape index (κ2) is 9.10. The van der Waals surface area contributed by atoms with Crippen LogP contribution in [0.1, 0.15) is 82.8 Å². The molecular weight excluding hydrogens is 296 g/mol. The first-order valence-electron chi connectivity index (χ1n) is 9.65. The first kappa shape index (κ1) is 18.8. The number of benzene rings is 1. The minimum atomic E-state index is 0.303. The molecule has 134 valence electrons. The number of amides is 1. The number of hydrogen-bond acceptors (Lipinski definition) is 2. The molecule has 1 saturated heterocycles. The molecule has 0 radical (unpaired) electrons. The zero-order valence-corrected chi connectivity index (χ0v) is 15.9. The molecule has 0 saturated carbocycles. The minimum absolute atomic E-state index is 0.303. The van der Waals surface area contributed by atoms with Crippen LogP contribution in [0.25, 0.3) is 0 Å². The van der Waals surface area contributed by atoms with Gasteiger partial charge in [-0.25, -0.2) is 0 Å². The van der Waals surface area contributed by atoms with Crippen molar-refractivity contribution < 1.29 is 4.79 Å². The fraction of sp³-hybridized carbons (Fsp3) is 0.667. The lowest BCUT2D eigenvalue weighted by Crippen LogP contribution is -2.33. The summed E-state index contributed by atoms with van der Waals surface area (Å²) in [5.41, 5.74) is 3.94. The number of likely N-dealkylation sites (tertiary alicyclic amines) is 1. The average Bonchev–Trinajstić information content (AvgIpc) is 2.83. The Morgan fingerprint density at radius 2 is 1.54 bits per heavy atom. The predicted octanol–water partition coefficient (Wildman–Crippen LogP) is 5.14. The molecule has 24 heavy (non-hydrogen) atoms. The van der Waals surface area contributed by atoms with Gasteiger partial charge in [-0.05, 0) is 35.8 Å². The molecule has 1 fully saturated rings. The highest BCUT2D eigenvalue weighted by atomic mass is 16.2. The Morgan fingerprint density at radius 3 is 2.04 bits per heavy atom. The second-order valence-electron chi connectivity index (χ2n) is 7.59. The van der Waals surface area contributed by atoms with Gasteiger partial charge in [0.2, 0.25) is 5.91 Å². The maximum Gasteiger partial charge on any atom is 0.224 e. The smallest absolute Gasteiger partial charge is 0.224 e. The van der Waals surface area contributed by atoms with E-state index in [1.807, 2.05) is 0 Å². The van der Waals surface area contributed by atoms with Crippen molar-refractivity contribution in [3.05, 3.63) is 29.3 Å². The highest BCUT2D eigenvalue weighted by Crippen LogP contribution is 2.32. The van der Waals surface area contributed by atoms with Gasteiger partial charge in [0.05, 0.1) is 0 Å². The van der Waals surface area contributed by atoms with Crippen molar-refractivity contribution in [1.82, 2.24) is 4.90 Å². The number of para-hydroxylation sites is 1. The number of nitrogens with zero attached hydrogens (tertiary/aromatic N) is 1. The van der Waals surface area contributed by atoms with Crippen LogP contribution in [0.5, 0.6) is 0 Å². The van der Waals surface area contributed by atoms with E-state index in [4.69, 9.17) is 0 Å². The Hall–Kier alpha value is -1.51. The quantitative estimate of drug-likeness (QED) is 0.783. The van der Waals surface area contributed by atoms with E-state index in [1.165, 1.54) is 29.7 Å². The van der Waals surface area contributed by atoms with Gasteiger partial charge in [-0.15, -0.1) is 0 Å². The summed E-state index contributed by atoms with van der Waals surface area (Å²) in [6.45, 7) is 11.5. The Balaban J connectivity index is 1.99. The molecule has 0 bridgehead atoms. The summed E-state index contributed by atoms with van der Waals surface area (Å²) in [7, 11) is 0. The third-order valence-electron chi connectivity index (χ3n) is 4.97. The SMILES string of the molecule is CC(C)c1cccc(C(C)C)c1NCCC(=O)N1CCCCCC1. The molecule has 0 unspecified atom stereocenters. The van der Waals surface area contributed by atoms with Gasteiger partial charge in [0, 0.05) is 31.7 Å². The van der Waals surface area contributed by atoms with Crippen LogP contribution < -0.4 is 5.32 Å². The van der Waals surface area contributed by atoms with E-state index in [2.05, 4.69) is 56.1 Å². The summed E-state index contributed by atoms with van der Waals surface area (Å²) < 4.78 is 0. The number of nitrogens with one attached hydrogen (secondary N) is 1. The van der Waals surface area contributed by atoms with Gasteiger partial charge in [0.1, 0.15) is 0 Å². The molecule has 1 N–H and O–H groups in total. The monoisotopic (exact) mass is 330 g/mol. The van der Waals surface area contributed by atoms with E-state index in [-0.39, 0.29) is 0 Å². The highest BCUT2D eigenvalue weighted by Gasteiger charge is 2.17. The molecule has 1 aromatic carbocycles. The van der Waals surface area contributed by atoms with Crippen LogP contribution in [0, 0.1) is 0 Å². The van der Waals surface area contributed by atoms with Crippen molar-refractivity contribution in [3.8, 4) is 0 Å². The number of rotatable bonds is 6. The molecule has 2 rings (SSSR count). The molecule has 1 heterocycles. The van der Waals surface area contributed by atoms with Crippen molar-refractivity contribution >= 4 is 11.6 Å². The van der Waals surface area contributed by atoms with Gasteiger partial charge in [-0.2, -0.15) is 0 Å². The van der Waals surface area contributed by atoms with E-state index >= 15 is 0 Å². The summed E-state index contributed by atoms with van der Waals surface area (Å²) >= 11 is 0. The normalized spacial score (nSPS) is 15.7. The standard InChI is InChI=1S/C21H34N2O/c1-16(2)18-10-9-11-19(17(3)4)21(18)22-13-12-20(24)23-14-7-5-6-8-15-23/h9-11,16-17,22H,5-8,12-15H2,1-4H3. The zero-order chi connectivity index (χ0) is 17.5. The van der Waals surface area contributed by atoms with Gasteiger partial charge in [-0.3, -0.25) is 4.79 Å². The molecule has 3 nitrogen and oxygen atoms in total. The van der Waals surface area contributed by atoms with Gasteiger partial charge >= 0.3 is 0 Å². The largest absolute Gasteiger partial charge is 0.384 e. The molecule has 0 spiro atoms. The number of anilines is 1. The van der Waals surface area contributed by atoms with Crippen molar-refractivity contribution in [1.29, 1.82) is 0 Å². The van der Waals surface area contributed by atoms with Crippen LogP contribution in [0.4, 0.5) is 5.69 Å². The maximum atomic E-state index is 12.5. The fourth-order valence-corrected chi connectivity index (χ4v) is 3.53. The van der Waals surface area contributed by atoms with Crippen LogP contribution in [0.3, 0.4) is 0 Å². The topological polar surface area (TPSA) is 32.3 Å². The molecule has 0 aliphatic carbocycles. The molecule has 1 aliphatic rings. The van der Waals surface area contributed by atoms with Crippen molar-refractivity contribution in [2.24, 2.45) is 0 Å². The Kier molecular flexibility index (Phi) is 7.14. The van der Waals surface area contributed by atoms with Gasteiger partial charge in [0.25, 0.3) is 0 Å². The first-order valence-corrected chi connectivity index (χ1v) is 9.65. The van der Waals surface area contributed by atoms with E-state index in [0.29, 0.717) is 24.2 Å². The minimum Gasteiger partial charge on any atom is -0.384 e. The van der Waals surface area contributed by atoms with Crippen molar-refractivity contribution in [3.63, 3.8) is 0 Å². The van der Waals surface area contributed by atoms with Gasteiger partial charge in [-0.1, -0.05) is 58.7 Å². The fourth-order valence-electron chi connectivity index (χ4n) is 3.53. The van der Waals surface area contributed by atoms with Crippen molar-refractivity contribution in [2.45, 2.75) is 71.6 Å². The summed E-state index contributed by atoms with van der Waals surface area (Å²) in [6, 6.07) is 6.56. The number of carbonyl (C=O) groups excluding carboxylic acids is 1. The maximum absolute atomic E-state index is 12.5. The first-order chi connectivity index (χ1) is 11.5. The lowest BCUT2D eigenvalue weighted by molar-refractivity contribution is -0.130. The lowest BCUT2D eigenvalue weighted by Gasteiger charge is -2.23. The van der Waals surface area contributed by atoms with E-state index in [9.17, 15) is 4.79 Å².